The molecule has 0 unspecified atom stereocenters. The summed E-state index contributed by atoms with van der Waals surface area (Å²) in [5.74, 6) is -1.74. The highest BCUT2D eigenvalue weighted by atomic mass is 19.2. The maximum absolute atomic E-state index is 13.9. The highest BCUT2D eigenvalue weighted by Gasteiger charge is 2.19. The summed E-state index contributed by atoms with van der Waals surface area (Å²) in [6, 6.07) is 22.4. The Balaban J connectivity index is 1.93. The topological polar surface area (TPSA) is 38.1 Å². The van der Waals surface area contributed by atoms with Crippen LogP contribution < -0.4 is 0 Å². The van der Waals surface area contributed by atoms with Crippen LogP contribution in [0.3, 0.4) is 0 Å². The zero-order valence-electron chi connectivity index (χ0n) is 14.6. The van der Waals surface area contributed by atoms with Gasteiger partial charge in [0.1, 0.15) is 11.4 Å². The van der Waals surface area contributed by atoms with Gasteiger partial charge in [-0.1, -0.05) is 42.5 Å². The molecule has 4 aromatic carbocycles. The van der Waals surface area contributed by atoms with Crippen LogP contribution in [0.1, 0.15) is 0 Å². The molecule has 1 N–H and O–H groups in total. The predicted octanol–water partition coefficient (Wildman–Crippen LogP) is 5.83. The highest BCUT2D eigenvalue weighted by molar-refractivity contribution is 6.12. The van der Waals surface area contributed by atoms with Crippen molar-refractivity contribution in [2.45, 2.75) is 0 Å². The fourth-order valence-corrected chi connectivity index (χ4v) is 3.57. The molecule has 0 aliphatic carbocycles. The molecular weight excluding hydrogens is 358 g/mol. The molecular formula is C23H14F2N2O. The minimum Gasteiger partial charge on any atom is -0.507 e. The number of fused-ring (bicyclic) bond motifs is 3. The largest absolute Gasteiger partial charge is 0.507 e. The lowest BCUT2D eigenvalue weighted by atomic mass is 10.0. The normalized spacial score (nSPS) is 11.4. The first kappa shape index (κ1) is 16.4. The van der Waals surface area contributed by atoms with Gasteiger partial charge in [-0.25, -0.2) is 13.5 Å². The second-order valence-electron chi connectivity index (χ2n) is 6.56. The molecule has 3 nitrogen and oxygen atoms in total. The molecule has 5 aromatic rings. The van der Waals surface area contributed by atoms with Crippen LogP contribution in [0.4, 0.5) is 8.78 Å². The van der Waals surface area contributed by atoms with Gasteiger partial charge in [-0.15, -0.1) is 0 Å². The van der Waals surface area contributed by atoms with Crippen molar-refractivity contribution in [2.24, 2.45) is 0 Å². The minimum absolute atomic E-state index is 0.111. The third-order valence-electron chi connectivity index (χ3n) is 4.86. The molecule has 0 aliphatic rings. The maximum atomic E-state index is 13.9. The van der Waals surface area contributed by atoms with Crippen molar-refractivity contribution in [1.82, 2.24) is 9.78 Å². The number of phenols is 1. The van der Waals surface area contributed by atoms with Crippen molar-refractivity contribution in [2.75, 3.05) is 0 Å². The second kappa shape index (κ2) is 6.16. The number of para-hydroxylation sites is 1. The van der Waals surface area contributed by atoms with Crippen LogP contribution in [0.5, 0.6) is 5.75 Å². The Bertz CT molecular complexity index is 1340. The molecule has 0 saturated carbocycles. The molecule has 0 radical (unpaired) electrons. The molecule has 0 aliphatic heterocycles. The zero-order valence-corrected chi connectivity index (χ0v) is 14.6. The predicted molar refractivity (Wildman–Crippen MR) is 106 cm³/mol. The molecule has 5 heteroatoms. The molecule has 5 rings (SSSR count). The molecule has 28 heavy (non-hydrogen) atoms. The van der Waals surface area contributed by atoms with E-state index in [0.29, 0.717) is 22.0 Å². The van der Waals surface area contributed by atoms with Crippen LogP contribution in [0.2, 0.25) is 0 Å². The van der Waals surface area contributed by atoms with E-state index in [1.165, 1.54) is 6.07 Å². The fourth-order valence-electron chi connectivity index (χ4n) is 3.57. The summed E-state index contributed by atoms with van der Waals surface area (Å²) < 4.78 is 29.1. The fraction of sp³-hybridized carbons (Fsp3) is 0. The molecule has 1 heterocycles. The molecule has 0 saturated heterocycles. The lowest BCUT2D eigenvalue weighted by molar-refractivity contribution is 0.482. The first-order chi connectivity index (χ1) is 13.6. The first-order valence-electron chi connectivity index (χ1n) is 8.78. The Morgan fingerprint density at radius 1 is 0.714 bits per heavy atom. The van der Waals surface area contributed by atoms with Gasteiger partial charge in [-0.05, 0) is 36.4 Å². The van der Waals surface area contributed by atoms with E-state index >= 15 is 0 Å². The first-order valence-corrected chi connectivity index (χ1v) is 8.78. The number of benzene rings is 4. The monoisotopic (exact) mass is 372 g/mol. The molecule has 0 spiro atoms. The lowest BCUT2D eigenvalue weighted by Crippen LogP contribution is -1.96. The third kappa shape index (κ3) is 2.44. The maximum Gasteiger partial charge on any atom is 0.159 e. The summed E-state index contributed by atoms with van der Waals surface area (Å²) in [6.07, 6.45) is 0. The van der Waals surface area contributed by atoms with Gasteiger partial charge in [0.05, 0.1) is 11.2 Å². The molecule has 1 aromatic heterocycles. The van der Waals surface area contributed by atoms with Gasteiger partial charge >= 0.3 is 0 Å². The summed E-state index contributed by atoms with van der Waals surface area (Å²) in [5.41, 5.74) is 2.53. The van der Waals surface area contributed by atoms with E-state index in [-0.39, 0.29) is 5.75 Å². The van der Waals surface area contributed by atoms with Crippen LogP contribution in [0, 0.1) is 11.6 Å². The molecule has 0 amide bonds. The average molecular weight is 372 g/mol. The van der Waals surface area contributed by atoms with Crippen LogP contribution >= 0.6 is 0 Å². The Kier molecular flexibility index (Phi) is 3.62. The van der Waals surface area contributed by atoms with Crippen molar-refractivity contribution in [1.29, 1.82) is 0 Å². The van der Waals surface area contributed by atoms with Crippen LogP contribution in [-0.4, -0.2) is 14.9 Å². The van der Waals surface area contributed by atoms with E-state index in [1.54, 1.807) is 10.7 Å². The summed E-state index contributed by atoms with van der Waals surface area (Å²) in [4.78, 5) is 0. The van der Waals surface area contributed by atoms with E-state index in [9.17, 15) is 13.9 Å². The van der Waals surface area contributed by atoms with Gasteiger partial charge in [0.15, 0.2) is 11.6 Å². The van der Waals surface area contributed by atoms with Crippen LogP contribution in [0.15, 0.2) is 78.9 Å². The van der Waals surface area contributed by atoms with E-state index in [1.807, 2.05) is 54.6 Å². The minimum atomic E-state index is -0.940. The van der Waals surface area contributed by atoms with E-state index in [4.69, 9.17) is 5.10 Å². The Morgan fingerprint density at radius 2 is 1.43 bits per heavy atom. The van der Waals surface area contributed by atoms with Gasteiger partial charge in [-0.2, -0.15) is 5.10 Å². The number of rotatable bonds is 2. The molecule has 0 fully saturated rings. The number of halogens is 2. The summed E-state index contributed by atoms with van der Waals surface area (Å²) in [5, 5.41) is 17.4. The second-order valence-corrected chi connectivity index (χ2v) is 6.56. The van der Waals surface area contributed by atoms with E-state index < -0.39 is 11.6 Å². The van der Waals surface area contributed by atoms with Crippen molar-refractivity contribution in [3.8, 4) is 22.7 Å². The van der Waals surface area contributed by atoms with E-state index in [0.717, 1.165) is 28.7 Å². The number of hydrogen-bond donors (Lipinski definition) is 1. The van der Waals surface area contributed by atoms with Gasteiger partial charge in [0, 0.05) is 21.7 Å². The standard InChI is InChI=1S/C23H14F2N2O/c24-19-11-10-14(12-20(19)25)22-18-13-21(28)16-8-4-5-9-17(16)23(18)27(26-22)15-6-2-1-3-7-15/h1-13,28H. The Labute approximate surface area is 159 Å². The molecule has 136 valence electrons. The number of aromatic nitrogens is 2. The lowest BCUT2D eigenvalue weighted by Gasteiger charge is -2.07. The van der Waals surface area contributed by atoms with E-state index in [2.05, 4.69) is 0 Å². The van der Waals surface area contributed by atoms with Gasteiger partial charge in [0.2, 0.25) is 0 Å². The number of phenolic OH excluding ortho intramolecular Hbond substituents is 1. The highest BCUT2D eigenvalue weighted by Crippen LogP contribution is 2.39. The Morgan fingerprint density at radius 3 is 2.18 bits per heavy atom. The smallest absolute Gasteiger partial charge is 0.159 e. The SMILES string of the molecule is Oc1cc2c(-c3ccc(F)c(F)c3)nn(-c3ccccc3)c2c2ccccc12. The van der Waals surface area contributed by atoms with Crippen molar-refractivity contribution in [3.05, 3.63) is 90.5 Å². The Hall–Kier alpha value is -3.73. The van der Waals surface area contributed by atoms with Gasteiger partial charge in [-0.3, -0.25) is 0 Å². The summed E-state index contributed by atoms with van der Waals surface area (Å²) >= 11 is 0. The van der Waals surface area contributed by atoms with Crippen LogP contribution in [-0.2, 0) is 0 Å². The average Bonchev–Trinajstić information content (AvgIpc) is 3.10. The van der Waals surface area contributed by atoms with Gasteiger partial charge in [0.25, 0.3) is 0 Å². The van der Waals surface area contributed by atoms with Crippen molar-refractivity contribution < 1.29 is 13.9 Å². The number of hydrogen-bond acceptors (Lipinski definition) is 2. The third-order valence-corrected chi connectivity index (χ3v) is 4.86. The zero-order chi connectivity index (χ0) is 19.3. The van der Waals surface area contributed by atoms with Crippen LogP contribution in [0.25, 0.3) is 38.6 Å². The summed E-state index contributed by atoms with van der Waals surface area (Å²) in [6.45, 7) is 0. The number of nitrogens with zero attached hydrogens (tertiary/aromatic N) is 2. The number of aromatic hydroxyl groups is 1. The van der Waals surface area contributed by atoms with Gasteiger partial charge < -0.3 is 5.11 Å². The quantitative estimate of drug-likeness (QED) is 0.423. The van der Waals surface area contributed by atoms with Crippen molar-refractivity contribution >= 4 is 21.7 Å². The molecule has 0 atom stereocenters. The molecule has 0 bridgehead atoms. The summed E-state index contributed by atoms with van der Waals surface area (Å²) in [7, 11) is 0. The van der Waals surface area contributed by atoms with Crippen molar-refractivity contribution in [3.63, 3.8) is 0 Å².